The number of imide groups is 1. The fraction of sp³-hybridized carbons (Fsp3) is 0.211. The molecule has 4 rings (SSSR count). The monoisotopic (exact) mass is 333 g/mol. The van der Waals surface area contributed by atoms with Gasteiger partial charge in [0.05, 0.1) is 24.8 Å². The van der Waals surface area contributed by atoms with Gasteiger partial charge in [-0.1, -0.05) is 30.3 Å². The molecule has 124 valence electrons. The predicted molar refractivity (Wildman–Crippen MR) is 88.5 cm³/mol. The van der Waals surface area contributed by atoms with E-state index in [1.807, 2.05) is 24.3 Å². The minimum absolute atomic E-state index is 0.168. The van der Waals surface area contributed by atoms with Crippen LogP contribution >= 0.6 is 0 Å². The van der Waals surface area contributed by atoms with Crippen LogP contribution < -0.4 is 10.1 Å². The second kappa shape index (κ2) is 5.64. The molecule has 0 bridgehead atoms. The molecule has 2 heterocycles. The van der Waals surface area contributed by atoms with Gasteiger partial charge in [0.2, 0.25) is 0 Å². The number of ether oxygens (including phenoxy) is 1. The van der Waals surface area contributed by atoms with E-state index in [-0.39, 0.29) is 12.5 Å². The zero-order valence-corrected chi connectivity index (χ0v) is 13.4. The van der Waals surface area contributed by atoms with Crippen LogP contribution in [0.5, 0.6) is 5.75 Å². The van der Waals surface area contributed by atoms with Crippen molar-refractivity contribution in [1.82, 2.24) is 10.2 Å². The molecule has 25 heavy (non-hydrogen) atoms. The third-order valence-electron chi connectivity index (χ3n) is 4.68. The van der Waals surface area contributed by atoms with Crippen molar-refractivity contribution < 1.29 is 14.3 Å². The maximum Gasteiger partial charge on any atom is 0.325 e. The first-order valence-electron chi connectivity index (χ1n) is 7.99. The highest BCUT2D eigenvalue weighted by molar-refractivity contribution is 6.07. The van der Waals surface area contributed by atoms with Crippen molar-refractivity contribution in [3.8, 4) is 11.8 Å². The number of amides is 3. The number of benzene rings is 2. The van der Waals surface area contributed by atoms with E-state index < -0.39 is 11.6 Å². The third-order valence-corrected chi connectivity index (χ3v) is 4.68. The minimum Gasteiger partial charge on any atom is -0.493 e. The highest BCUT2D eigenvalue weighted by Gasteiger charge is 2.54. The second-order valence-corrected chi connectivity index (χ2v) is 6.13. The van der Waals surface area contributed by atoms with Gasteiger partial charge in [-0.25, -0.2) is 4.79 Å². The molecule has 1 saturated heterocycles. The van der Waals surface area contributed by atoms with Gasteiger partial charge in [0.25, 0.3) is 5.91 Å². The zero-order chi connectivity index (χ0) is 17.4. The van der Waals surface area contributed by atoms with Crippen molar-refractivity contribution in [3.63, 3.8) is 0 Å². The Labute approximate surface area is 144 Å². The molecule has 0 saturated carbocycles. The molecule has 2 aromatic rings. The van der Waals surface area contributed by atoms with Crippen molar-refractivity contribution in [3.05, 3.63) is 65.2 Å². The molecule has 1 unspecified atom stereocenters. The van der Waals surface area contributed by atoms with Crippen LogP contribution in [0.2, 0.25) is 0 Å². The van der Waals surface area contributed by atoms with Crippen LogP contribution in [0, 0.1) is 11.3 Å². The summed E-state index contributed by atoms with van der Waals surface area (Å²) in [6.07, 6.45) is 0.401. The Morgan fingerprint density at radius 2 is 1.92 bits per heavy atom. The van der Waals surface area contributed by atoms with E-state index in [1.165, 1.54) is 4.90 Å². The van der Waals surface area contributed by atoms with Gasteiger partial charge in [-0.3, -0.25) is 9.69 Å². The van der Waals surface area contributed by atoms with Gasteiger partial charge in [0, 0.05) is 12.0 Å². The zero-order valence-electron chi connectivity index (χ0n) is 13.4. The molecule has 0 aromatic heterocycles. The highest BCUT2D eigenvalue weighted by atomic mass is 16.5. The topological polar surface area (TPSA) is 82.4 Å². The lowest BCUT2D eigenvalue weighted by molar-refractivity contribution is -0.133. The number of rotatable bonds is 2. The Kier molecular flexibility index (Phi) is 3.43. The maximum atomic E-state index is 13.1. The number of nitrogens with zero attached hydrogens (tertiary/aromatic N) is 2. The average molecular weight is 333 g/mol. The smallest absolute Gasteiger partial charge is 0.325 e. The lowest BCUT2D eigenvalue weighted by atomic mass is 9.84. The number of fused-ring (bicyclic) bond motifs is 2. The summed E-state index contributed by atoms with van der Waals surface area (Å²) in [5.41, 5.74) is 0.969. The number of carbonyl (C=O) groups excluding carboxylic acids is 2. The van der Waals surface area contributed by atoms with Crippen LogP contribution in [0.4, 0.5) is 4.79 Å². The first-order chi connectivity index (χ1) is 12.1. The number of carbonyl (C=O) groups is 2. The van der Waals surface area contributed by atoms with Crippen molar-refractivity contribution >= 4 is 11.9 Å². The Morgan fingerprint density at radius 1 is 1.16 bits per heavy atom. The van der Waals surface area contributed by atoms with Crippen LogP contribution in [-0.4, -0.2) is 23.4 Å². The molecule has 2 aromatic carbocycles. The summed E-state index contributed by atoms with van der Waals surface area (Å²) in [6, 6.07) is 15.8. The van der Waals surface area contributed by atoms with Gasteiger partial charge in [-0.05, 0) is 23.8 Å². The summed E-state index contributed by atoms with van der Waals surface area (Å²) in [6.45, 7) is 0.537. The SMILES string of the molecule is N#Cc1ccc(CN2C(=O)NC3(CCOc4ccccc43)C2=O)cc1. The third kappa shape index (κ3) is 2.32. The van der Waals surface area contributed by atoms with Crippen LogP contribution in [0.1, 0.15) is 23.1 Å². The summed E-state index contributed by atoms with van der Waals surface area (Å²) < 4.78 is 5.62. The van der Waals surface area contributed by atoms with Crippen LogP contribution in [-0.2, 0) is 16.9 Å². The second-order valence-electron chi connectivity index (χ2n) is 6.13. The van der Waals surface area contributed by atoms with E-state index in [4.69, 9.17) is 10.00 Å². The number of urea groups is 1. The van der Waals surface area contributed by atoms with Gasteiger partial charge in [-0.2, -0.15) is 5.26 Å². The quantitative estimate of drug-likeness (QED) is 0.855. The summed E-state index contributed by atoms with van der Waals surface area (Å²) in [5, 5.41) is 11.7. The summed E-state index contributed by atoms with van der Waals surface area (Å²) in [5.74, 6) is 0.361. The Bertz CT molecular complexity index is 901. The molecular formula is C19H15N3O3. The van der Waals surface area contributed by atoms with Crippen LogP contribution in [0.15, 0.2) is 48.5 Å². The lowest BCUT2D eigenvalue weighted by Crippen LogP contribution is -2.47. The number of hydrogen-bond acceptors (Lipinski definition) is 4. The largest absolute Gasteiger partial charge is 0.493 e. The van der Waals surface area contributed by atoms with E-state index in [1.54, 1.807) is 30.3 Å². The minimum atomic E-state index is -1.06. The van der Waals surface area contributed by atoms with Gasteiger partial charge in [-0.15, -0.1) is 0 Å². The molecule has 1 atom stereocenters. The fourth-order valence-electron chi connectivity index (χ4n) is 3.38. The Balaban J connectivity index is 1.66. The Morgan fingerprint density at radius 3 is 2.68 bits per heavy atom. The predicted octanol–water partition coefficient (Wildman–Crippen LogP) is 2.29. The normalized spacial score (nSPS) is 21.5. The molecule has 0 radical (unpaired) electrons. The summed E-state index contributed by atoms with van der Waals surface area (Å²) >= 11 is 0. The number of hydrogen-bond donors (Lipinski definition) is 1. The molecular weight excluding hydrogens is 318 g/mol. The fourth-order valence-corrected chi connectivity index (χ4v) is 3.38. The lowest BCUT2D eigenvalue weighted by Gasteiger charge is -2.33. The first kappa shape index (κ1) is 15.2. The summed E-state index contributed by atoms with van der Waals surface area (Å²) in [4.78, 5) is 26.8. The van der Waals surface area contributed by atoms with Crippen molar-refractivity contribution in [2.45, 2.75) is 18.5 Å². The van der Waals surface area contributed by atoms with Crippen molar-refractivity contribution in [1.29, 1.82) is 5.26 Å². The average Bonchev–Trinajstić information content (AvgIpc) is 2.88. The number of para-hydroxylation sites is 1. The van der Waals surface area contributed by atoms with E-state index in [0.717, 1.165) is 5.56 Å². The van der Waals surface area contributed by atoms with Gasteiger partial charge in [0.15, 0.2) is 5.54 Å². The van der Waals surface area contributed by atoms with E-state index >= 15 is 0 Å². The molecule has 0 aliphatic carbocycles. The first-order valence-corrected chi connectivity index (χ1v) is 7.99. The van der Waals surface area contributed by atoms with E-state index in [9.17, 15) is 9.59 Å². The molecule has 1 spiro atoms. The highest BCUT2D eigenvalue weighted by Crippen LogP contribution is 2.41. The van der Waals surface area contributed by atoms with E-state index in [0.29, 0.717) is 29.9 Å². The molecule has 6 heteroatoms. The van der Waals surface area contributed by atoms with Crippen LogP contribution in [0.25, 0.3) is 0 Å². The van der Waals surface area contributed by atoms with Crippen molar-refractivity contribution in [2.75, 3.05) is 6.61 Å². The number of nitrogens with one attached hydrogen (secondary N) is 1. The Hall–Kier alpha value is -3.33. The number of nitriles is 1. The molecule has 6 nitrogen and oxygen atoms in total. The maximum absolute atomic E-state index is 13.1. The van der Waals surface area contributed by atoms with Crippen molar-refractivity contribution in [2.24, 2.45) is 0 Å². The van der Waals surface area contributed by atoms with Gasteiger partial charge >= 0.3 is 6.03 Å². The molecule has 3 amide bonds. The van der Waals surface area contributed by atoms with Gasteiger partial charge in [0.1, 0.15) is 5.75 Å². The van der Waals surface area contributed by atoms with E-state index in [2.05, 4.69) is 5.32 Å². The molecule has 1 fully saturated rings. The molecule has 2 aliphatic heterocycles. The molecule has 1 N–H and O–H groups in total. The standard InChI is InChI=1S/C19H15N3O3/c20-11-13-5-7-14(8-6-13)12-22-17(23)19(21-18(22)24)9-10-25-16-4-2-1-3-15(16)19/h1-8H,9-10,12H2,(H,21,24). The molecule has 2 aliphatic rings. The van der Waals surface area contributed by atoms with Gasteiger partial charge < -0.3 is 10.1 Å². The summed E-state index contributed by atoms with van der Waals surface area (Å²) in [7, 11) is 0. The van der Waals surface area contributed by atoms with Crippen LogP contribution in [0.3, 0.4) is 0 Å².